The van der Waals surface area contributed by atoms with Crippen LogP contribution in [0, 0.1) is 0 Å². The molecule has 0 radical (unpaired) electrons. The summed E-state index contributed by atoms with van der Waals surface area (Å²) in [6.45, 7) is 4.56. The van der Waals surface area contributed by atoms with E-state index in [0.717, 1.165) is 12.8 Å². The number of morpholine rings is 1. The fourth-order valence-electron chi connectivity index (χ4n) is 3.00. The lowest BCUT2D eigenvalue weighted by Crippen LogP contribution is -2.51. The first-order valence-electron chi connectivity index (χ1n) is 7.05. The van der Waals surface area contributed by atoms with Gasteiger partial charge in [0.2, 0.25) is 0 Å². The van der Waals surface area contributed by atoms with Crippen molar-refractivity contribution in [3.63, 3.8) is 0 Å². The van der Waals surface area contributed by atoms with E-state index in [-0.39, 0.29) is 6.04 Å². The Balaban J connectivity index is 1.89. The van der Waals surface area contributed by atoms with Gasteiger partial charge in [-0.05, 0) is 29.9 Å². The van der Waals surface area contributed by atoms with Gasteiger partial charge in [0, 0.05) is 24.5 Å². The molecule has 1 unspecified atom stereocenters. The molecule has 0 aliphatic carbocycles. The highest BCUT2D eigenvalue weighted by atomic mass is 32.2. The lowest BCUT2D eigenvalue weighted by atomic mass is 10.0. The summed E-state index contributed by atoms with van der Waals surface area (Å²) >= 11 is 1.74. The minimum absolute atomic E-state index is 0.0159. The first-order valence-corrected chi connectivity index (χ1v) is 9.33. The van der Waals surface area contributed by atoms with E-state index in [1.54, 1.807) is 19.9 Å². The molecule has 0 amide bonds. The standard InChI is InChI=1S/C13H20N2O3S2/c1-2-12-11-4-10-19-13(11)3-5-15(12)20(16,17)14-6-8-18-9-7-14/h4,10,12H,2-3,5-9H2,1H3. The van der Waals surface area contributed by atoms with Crippen molar-refractivity contribution in [2.45, 2.75) is 25.8 Å². The predicted octanol–water partition coefficient (Wildman–Crippen LogP) is 1.63. The highest BCUT2D eigenvalue weighted by molar-refractivity contribution is 7.86. The lowest BCUT2D eigenvalue weighted by molar-refractivity contribution is 0.0688. The zero-order valence-corrected chi connectivity index (χ0v) is 13.3. The molecule has 1 aromatic rings. The van der Waals surface area contributed by atoms with Crippen molar-refractivity contribution in [2.24, 2.45) is 0 Å². The van der Waals surface area contributed by atoms with Crippen molar-refractivity contribution in [1.82, 2.24) is 8.61 Å². The van der Waals surface area contributed by atoms with E-state index in [9.17, 15) is 8.42 Å². The van der Waals surface area contributed by atoms with Crippen molar-refractivity contribution in [1.29, 1.82) is 0 Å². The third kappa shape index (κ3) is 2.42. The molecule has 3 heterocycles. The molecule has 5 nitrogen and oxygen atoms in total. The molecular weight excluding hydrogens is 296 g/mol. The molecule has 1 aromatic heterocycles. The molecule has 2 aliphatic heterocycles. The fourth-order valence-corrected chi connectivity index (χ4v) is 5.74. The summed E-state index contributed by atoms with van der Waals surface area (Å²) in [5.41, 5.74) is 1.19. The Morgan fingerprint density at radius 1 is 1.35 bits per heavy atom. The van der Waals surface area contributed by atoms with E-state index in [2.05, 4.69) is 18.4 Å². The molecule has 1 fully saturated rings. The number of thiophene rings is 1. The van der Waals surface area contributed by atoms with Gasteiger partial charge in [-0.15, -0.1) is 11.3 Å². The Morgan fingerprint density at radius 2 is 2.10 bits per heavy atom. The smallest absolute Gasteiger partial charge is 0.282 e. The average molecular weight is 316 g/mol. The maximum atomic E-state index is 12.8. The van der Waals surface area contributed by atoms with Crippen LogP contribution in [0.25, 0.3) is 0 Å². The van der Waals surface area contributed by atoms with Crippen LogP contribution in [0.5, 0.6) is 0 Å². The quantitative estimate of drug-likeness (QED) is 0.852. The minimum Gasteiger partial charge on any atom is -0.379 e. The maximum absolute atomic E-state index is 12.8. The van der Waals surface area contributed by atoms with E-state index in [4.69, 9.17) is 4.74 Å². The number of nitrogens with zero attached hydrogens (tertiary/aromatic N) is 2. The summed E-state index contributed by atoms with van der Waals surface area (Å²) in [7, 11) is -3.38. The van der Waals surface area contributed by atoms with Crippen LogP contribution in [0.4, 0.5) is 0 Å². The zero-order valence-electron chi connectivity index (χ0n) is 11.6. The second kappa shape index (κ2) is 5.73. The van der Waals surface area contributed by atoms with Crippen LogP contribution >= 0.6 is 11.3 Å². The van der Waals surface area contributed by atoms with Crippen molar-refractivity contribution in [2.75, 3.05) is 32.8 Å². The Morgan fingerprint density at radius 3 is 2.80 bits per heavy atom. The van der Waals surface area contributed by atoms with E-state index in [0.29, 0.717) is 32.8 Å². The van der Waals surface area contributed by atoms with Crippen molar-refractivity contribution < 1.29 is 13.2 Å². The van der Waals surface area contributed by atoms with Gasteiger partial charge in [0.25, 0.3) is 10.2 Å². The van der Waals surface area contributed by atoms with E-state index in [1.807, 2.05) is 0 Å². The Hall–Kier alpha value is -0.470. The Bertz CT molecular complexity index is 564. The summed E-state index contributed by atoms with van der Waals surface area (Å²) in [5, 5.41) is 2.07. The molecule has 0 aromatic carbocycles. The van der Waals surface area contributed by atoms with Crippen molar-refractivity contribution in [3.05, 3.63) is 21.9 Å². The Labute approximate surface area is 124 Å². The lowest BCUT2D eigenvalue weighted by Gasteiger charge is -2.38. The number of hydrogen-bond donors (Lipinski definition) is 0. The van der Waals surface area contributed by atoms with Gasteiger partial charge < -0.3 is 4.74 Å². The summed E-state index contributed by atoms with van der Waals surface area (Å²) in [4.78, 5) is 1.34. The van der Waals surface area contributed by atoms with Crippen LogP contribution in [0.15, 0.2) is 11.4 Å². The van der Waals surface area contributed by atoms with Crippen molar-refractivity contribution in [3.8, 4) is 0 Å². The molecule has 2 aliphatic rings. The van der Waals surface area contributed by atoms with E-state index in [1.165, 1.54) is 10.4 Å². The molecule has 0 N–H and O–H groups in total. The highest BCUT2D eigenvalue weighted by Gasteiger charge is 2.38. The molecule has 0 spiro atoms. The van der Waals surface area contributed by atoms with Gasteiger partial charge in [0.1, 0.15) is 0 Å². The van der Waals surface area contributed by atoms with E-state index >= 15 is 0 Å². The van der Waals surface area contributed by atoms with E-state index < -0.39 is 10.2 Å². The molecule has 1 saturated heterocycles. The Kier molecular flexibility index (Phi) is 4.14. The molecule has 1 atom stereocenters. The molecule has 0 saturated carbocycles. The summed E-state index contributed by atoms with van der Waals surface area (Å²) in [5.74, 6) is 0. The summed E-state index contributed by atoms with van der Waals surface area (Å²) in [6, 6.07) is 2.06. The number of hydrogen-bond acceptors (Lipinski definition) is 4. The molecule has 7 heteroatoms. The van der Waals surface area contributed by atoms with Gasteiger partial charge in [0.05, 0.1) is 19.3 Å². The largest absolute Gasteiger partial charge is 0.379 e. The summed E-state index contributed by atoms with van der Waals surface area (Å²) < 4.78 is 34.2. The van der Waals surface area contributed by atoms with Gasteiger partial charge in [0.15, 0.2) is 0 Å². The topological polar surface area (TPSA) is 49.9 Å². The predicted molar refractivity (Wildman–Crippen MR) is 79.1 cm³/mol. The van der Waals surface area contributed by atoms with Crippen LogP contribution in [0.3, 0.4) is 0 Å². The normalized spacial score (nSPS) is 25.6. The SMILES string of the molecule is CCC1c2ccsc2CCN1S(=O)(=O)N1CCOCC1. The minimum atomic E-state index is -3.38. The fraction of sp³-hybridized carbons (Fsp3) is 0.692. The maximum Gasteiger partial charge on any atom is 0.282 e. The molecular formula is C13H20N2O3S2. The number of fused-ring (bicyclic) bond motifs is 1. The van der Waals surface area contributed by atoms with Crippen LogP contribution in [0.1, 0.15) is 29.8 Å². The molecule has 20 heavy (non-hydrogen) atoms. The van der Waals surface area contributed by atoms with Gasteiger partial charge in [-0.25, -0.2) is 0 Å². The van der Waals surface area contributed by atoms with Gasteiger partial charge >= 0.3 is 0 Å². The van der Waals surface area contributed by atoms with Crippen molar-refractivity contribution >= 4 is 21.5 Å². The first-order chi connectivity index (χ1) is 9.64. The van der Waals surface area contributed by atoms with Crippen LogP contribution in [0.2, 0.25) is 0 Å². The zero-order chi connectivity index (χ0) is 14.2. The second-order valence-electron chi connectivity index (χ2n) is 5.10. The monoisotopic (exact) mass is 316 g/mol. The third-order valence-corrected chi connectivity index (χ3v) is 7.07. The summed E-state index contributed by atoms with van der Waals surface area (Å²) in [6.07, 6.45) is 1.64. The molecule has 0 bridgehead atoms. The second-order valence-corrected chi connectivity index (χ2v) is 7.98. The van der Waals surface area contributed by atoms with Crippen LogP contribution in [-0.4, -0.2) is 49.9 Å². The first kappa shape index (κ1) is 14.5. The van der Waals surface area contributed by atoms with Crippen LogP contribution in [-0.2, 0) is 21.4 Å². The molecule has 112 valence electrons. The number of ether oxygens (including phenoxy) is 1. The highest BCUT2D eigenvalue weighted by Crippen LogP contribution is 2.37. The number of rotatable bonds is 3. The van der Waals surface area contributed by atoms with Gasteiger partial charge in [-0.3, -0.25) is 0 Å². The molecule has 3 rings (SSSR count). The van der Waals surface area contributed by atoms with Gasteiger partial charge in [-0.1, -0.05) is 6.92 Å². The van der Waals surface area contributed by atoms with Crippen LogP contribution < -0.4 is 0 Å². The third-order valence-electron chi connectivity index (χ3n) is 4.03. The van der Waals surface area contributed by atoms with Gasteiger partial charge in [-0.2, -0.15) is 17.0 Å². The average Bonchev–Trinajstić information content (AvgIpc) is 2.95.